The molecule has 0 aromatic carbocycles. The molecule has 2 unspecified atom stereocenters. The third kappa shape index (κ3) is 69.3. The molecule has 0 aliphatic heterocycles. The van der Waals surface area contributed by atoms with Crippen molar-refractivity contribution in [2.75, 3.05) is 47.5 Å². The summed E-state index contributed by atoms with van der Waals surface area (Å²) in [6.45, 7) is 4.22. The summed E-state index contributed by atoms with van der Waals surface area (Å²) in [6.07, 6.45) is 95.5. The van der Waals surface area contributed by atoms with Crippen molar-refractivity contribution >= 4 is 19.8 Å². The van der Waals surface area contributed by atoms with Crippen molar-refractivity contribution < 1.29 is 42.1 Å². The van der Waals surface area contributed by atoms with Gasteiger partial charge in [0.15, 0.2) is 6.10 Å². The van der Waals surface area contributed by atoms with Gasteiger partial charge in [0, 0.05) is 12.8 Å². The summed E-state index contributed by atoms with van der Waals surface area (Å²) in [5.74, 6) is -0.800. The monoisotopic (exact) mass is 1220 g/mol. The molecule has 0 bridgehead atoms. The van der Waals surface area contributed by atoms with Crippen LogP contribution in [0.4, 0.5) is 0 Å². The lowest BCUT2D eigenvalue weighted by molar-refractivity contribution is -0.870. The Hall–Kier alpha value is -3.85. The van der Waals surface area contributed by atoms with Gasteiger partial charge in [0.05, 0.1) is 27.7 Å². The molecular formula is C76H131NO8P+. The molecule has 0 fully saturated rings. The van der Waals surface area contributed by atoms with Crippen LogP contribution in [-0.2, 0) is 32.7 Å². The number of unbranched alkanes of at least 4 members (excludes halogenated alkanes) is 27. The molecule has 9 nitrogen and oxygen atoms in total. The number of hydrogen-bond donors (Lipinski definition) is 1. The third-order valence-corrected chi connectivity index (χ3v) is 15.7. The zero-order valence-corrected chi connectivity index (χ0v) is 56.9. The smallest absolute Gasteiger partial charge is 0.462 e. The molecule has 0 rings (SSSR count). The molecule has 0 aromatic rings. The first-order valence-electron chi connectivity index (χ1n) is 34.9. The third-order valence-electron chi connectivity index (χ3n) is 14.7. The predicted octanol–water partition coefficient (Wildman–Crippen LogP) is 22.8. The van der Waals surface area contributed by atoms with E-state index in [0.717, 1.165) is 116 Å². The average molecular weight is 1220 g/mol. The molecule has 86 heavy (non-hydrogen) atoms. The van der Waals surface area contributed by atoms with Gasteiger partial charge in [-0.25, -0.2) is 4.57 Å². The molecule has 1 N–H and O–H groups in total. The van der Waals surface area contributed by atoms with E-state index in [0.29, 0.717) is 17.4 Å². The SMILES string of the molecule is CC/C=C\C/C=C\C/C=C\C/C=C\C/C=C\C/C=C\C/C=C\CCCCCCCCCCCCCCCCCCCC(=O)OC(COC(=O)CCCCCCCCCCCC/C=C\C/C=C\C/C=C\C/C=C\CC)COP(=O)(O)OCC[N+](C)(C)C. The molecule has 0 saturated carbocycles. The Kier molecular flexibility index (Phi) is 62.7. The van der Waals surface area contributed by atoms with Gasteiger partial charge in [-0.2, -0.15) is 0 Å². The molecule has 492 valence electrons. The van der Waals surface area contributed by atoms with E-state index in [9.17, 15) is 19.0 Å². The lowest BCUT2D eigenvalue weighted by Gasteiger charge is -2.24. The second-order valence-corrected chi connectivity index (χ2v) is 25.6. The lowest BCUT2D eigenvalue weighted by Crippen LogP contribution is -2.37. The maximum absolute atomic E-state index is 12.9. The minimum Gasteiger partial charge on any atom is -0.462 e. The first-order chi connectivity index (χ1) is 42.0. The Morgan fingerprint density at radius 2 is 0.628 bits per heavy atom. The molecule has 0 aliphatic carbocycles. The van der Waals surface area contributed by atoms with Crippen molar-refractivity contribution in [3.8, 4) is 0 Å². The highest BCUT2D eigenvalue weighted by atomic mass is 31.2. The summed E-state index contributed by atoms with van der Waals surface area (Å²) in [5.41, 5.74) is 0. The number of carbonyl (C=O) groups excluding carboxylic acids is 2. The Morgan fingerprint density at radius 3 is 0.930 bits per heavy atom. The largest absolute Gasteiger partial charge is 0.472 e. The van der Waals surface area contributed by atoms with Gasteiger partial charge in [-0.3, -0.25) is 18.6 Å². The fraction of sp³-hybridized carbons (Fsp3) is 0.684. The fourth-order valence-corrected chi connectivity index (χ4v) is 10.1. The van der Waals surface area contributed by atoms with E-state index in [-0.39, 0.29) is 32.0 Å². The highest BCUT2D eigenvalue weighted by Crippen LogP contribution is 2.43. The van der Waals surface area contributed by atoms with Gasteiger partial charge < -0.3 is 18.9 Å². The van der Waals surface area contributed by atoms with E-state index < -0.39 is 26.5 Å². The molecule has 0 spiro atoms. The number of nitrogens with zero attached hydrogens (tertiary/aromatic N) is 1. The van der Waals surface area contributed by atoms with Crippen molar-refractivity contribution in [3.05, 3.63) is 134 Å². The fourth-order valence-electron chi connectivity index (χ4n) is 9.40. The van der Waals surface area contributed by atoms with Gasteiger partial charge in [-0.05, 0) is 109 Å². The van der Waals surface area contributed by atoms with Gasteiger partial charge >= 0.3 is 19.8 Å². The number of likely N-dealkylation sites (N-methyl/N-ethyl adjacent to an activating group) is 1. The number of phosphoric ester groups is 1. The molecule has 0 heterocycles. The van der Waals surface area contributed by atoms with Crippen LogP contribution < -0.4 is 0 Å². The van der Waals surface area contributed by atoms with Gasteiger partial charge in [-0.15, -0.1) is 0 Å². The summed E-state index contributed by atoms with van der Waals surface area (Å²) >= 11 is 0. The summed E-state index contributed by atoms with van der Waals surface area (Å²) in [4.78, 5) is 35.9. The van der Waals surface area contributed by atoms with E-state index in [4.69, 9.17) is 18.5 Å². The Bertz CT molecular complexity index is 1910. The molecule has 0 aliphatic rings. The number of esters is 2. The summed E-state index contributed by atoms with van der Waals surface area (Å²) < 4.78 is 34.7. The van der Waals surface area contributed by atoms with E-state index in [1.54, 1.807) is 0 Å². The maximum Gasteiger partial charge on any atom is 0.472 e. The van der Waals surface area contributed by atoms with Gasteiger partial charge in [-0.1, -0.05) is 295 Å². The topological polar surface area (TPSA) is 108 Å². The normalized spacial score (nSPS) is 14.0. The zero-order chi connectivity index (χ0) is 62.6. The maximum atomic E-state index is 12.9. The van der Waals surface area contributed by atoms with Crippen molar-refractivity contribution in [1.29, 1.82) is 0 Å². The van der Waals surface area contributed by atoms with Crippen molar-refractivity contribution in [2.45, 2.75) is 290 Å². The molecule has 0 amide bonds. The van der Waals surface area contributed by atoms with E-state index in [1.807, 2.05) is 21.1 Å². The molecule has 0 aromatic heterocycles. The van der Waals surface area contributed by atoms with Gasteiger partial charge in [0.1, 0.15) is 19.8 Å². The predicted molar refractivity (Wildman–Crippen MR) is 371 cm³/mol. The van der Waals surface area contributed by atoms with Crippen LogP contribution in [0.15, 0.2) is 134 Å². The van der Waals surface area contributed by atoms with E-state index in [1.165, 1.54) is 135 Å². The van der Waals surface area contributed by atoms with E-state index >= 15 is 0 Å². The highest BCUT2D eigenvalue weighted by Gasteiger charge is 2.27. The van der Waals surface area contributed by atoms with Crippen LogP contribution in [0.1, 0.15) is 284 Å². The van der Waals surface area contributed by atoms with Crippen LogP contribution in [0.25, 0.3) is 0 Å². The molecule has 2 atom stereocenters. The first-order valence-corrected chi connectivity index (χ1v) is 36.4. The Balaban J connectivity index is 4.03. The second kappa shape index (κ2) is 65.6. The zero-order valence-electron chi connectivity index (χ0n) is 56.0. The van der Waals surface area contributed by atoms with Gasteiger partial charge in [0.25, 0.3) is 0 Å². The minimum absolute atomic E-state index is 0.0266. The second-order valence-electron chi connectivity index (χ2n) is 24.2. The molecule has 0 saturated heterocycles. The number of hydrogen-bond acceptors (Lipinski definition) is 7. The number of quaternary nitrogens is 1. The first kappa shape index (κ1) is 82.1. The molecule has 0 radical (unpaired) electrons. The van der Waals surface area contributed by atoms with Crippen LogP contribution in [0.5, 0.6) is 0 Å². The standard InChI is InChI=1S/C76H130NO8P/c1-6-8-10-12-14-16-18-20-22-24-26-28-30-31-32-33-34-35-36-37-38-39-40-41-42-43-44-45-47-49-51-53-55-57-59-61-63-65-67-69-76(79)85-74(73-84-86(80,81)83-71-70-77(3,4)5)72-82-75(78)68-66-64-62-60-58-56-54-52-50-48-46-29-27-25-23-21-19-17-15-13-11-9-7-2/h8-11,14-17,20-23,26-29,31-32,34-35,37-38,74H,6-7,12-13,18-19,24-25,30,33,36,39-73H2,1-5H3/p+1/b10-8-,11-9-,16-14-,17-15-,22-20-,23-21-,28-26-,29-27-,32-31-,35-34-,38-37-. The van der Waals surface area contributed by atoms with Crippen LogP contribution in [0.2, 0.25) is 0 Å². The number of rotatable bonds is 63. The van der Waals surface area contributed by atoms with Crippen LogP contribution in [-0.4, -0.2) is 74.9 Å². The molecule has 10 heteroatoms. The Labute approximate surface area is 530 Å². The summed E-state index contributed by atoms with van der Waals surface area (Å²) in [6, 6.07) is 0. The summed E-state index contributed by atoms with van der Waals surface area (Å²) in [7, 11) is 1.47. The minimum atomic E-state index is -4.40. The highest BCUT2D eigenvalue weighted by molar-refractivity contribution is 7.47. The van der Waals surface area contributed by atoms with Crippen molar-refractivity contribution in [1.82, 2.24) is 0 Å². The van der Waals surface area contributed by atoms with Crippen LogP contribution in [0, 0.1) is 0 Å². The Morgan fingerprint density at radius 1 is 0.360 bits per heavy atom. The quantitative estimate of drug-likeness (QED) is 0.0211. The summed E-state index contributed by atoms with van der Waals surface area (Å²) in [5, 5.41) is 0. The van der Waals surface area contributed by atoms with E-state index in [2.05, 4.69) is 148 Å². The average Bonchev–Trinajstić information content (AvgIpc) is 3.56. The molecular weight excluding hydrogens is 1090 g/mol. The number of phosphoric acid groups is 1. The number of carbonyl (C=O) groups is 2. The van der Waals surface area contributed by atoms with Crippen molar-refractivity contribution in [3.63, 3.8) is 0 Å². The van der Waals surface area contributed by atoms with Crippen LogP contribution >= 0.6 is 7.82 Å². The number of allylic oxidation sites excluding steroid dienone is 22. The van der Waals surface area contributed by atoms with Crippen LogP contribution in [0.3, 0.4) is 0 Å². The van der Waals surface area contributed by atoms with Gasteiger partial charge in [0.2, 0.25) is 0 Å². The number of ether oxygens (including phenoxy) is 2. The van der Waals surface area contributed by atoms with Crippen molar-refractivity contribution in [2.24, 2.45) is 0 Å². The lowest BCUT2D eigenvalue weighted by atomic mass is 10.0.